The molecule has 0 radical (unpaired) electrons. The summed E-state index contributed by atoms with van der Waals surface area (Å²) in [6.45, 7) is 1.20. The molecular formula is C11H21NO. The van der Waals surface area contributed by atoms with E-state index in [4.69, 9.17) is 4.74 Å². The van der Waals surface area contributed by atoms with E-state index in [-0.39, 0.29) is 0 Å². The van der Waals surface area contributed by atoms with E-state index in [1.54, 1.807) is 0 Å². The first-order valence-electron chi connectivity index (χ1n) is 5.68. The van der Waals surface area contributed by atoms with Crippen LogP contribution in [0.25, 0.3) is 0 Å². The molecule has 2 rings (SSSR count). The molecule has 2 heteroatoms. The Kier molecular flexibility index (Phi) is 3.23. The predicted octanol–water partition coefficient (Wildman–Crippen LogP) is 1.94. The Balaban J connectivity index is 1.93. The lowest BCUT2D eigenvalue weighted by Crippen LogP contribution is -2.49. The van der Waals surface area contributed by atoms with Gasteiger partial charge in [0, 0.05) is 13.2 Å². The summed E-state index contributed by atoms with van der Waals surface area (Å²) in [5.41, 5.74) is 0. The number of hydrogen-bond donors (Lipinski definition) is 1. The van der Waals surface area contributed by atoms with Gasteiger partial charge in [-0.3, -0.25) is 0 Å². The van der Waals surface area contributed by atoms with Gasteiger partial charge in [0.2, 0.25) is 0 Å². The Morgan fingerprint density at radius 1 is 1.08 bits per heavy atom. The zero-order valence-electron chi connectivity index (χ0n) is 8.59. The normalized spacial score (nSPS) is 36.7. The van der Waals surface area contributed by atoms with Crippen molar-refractivity contribution in [3.63, 3.8) is 0 Å². The highest BCUT2D eigenvalue weighted by molar-refractivity contribution is 4.89. The van der Waals surface area contributed by atoms with Gasteiger partial charge in [0.05, 0.1) is 6.10 Å². The molecule has 0 aromatic heterocycles. The van der Waals surface area contributed by atoms with Crippen LogP contribution in [-0.4, -0.2) is 25.8 Å². The third-order valence-corrected chi connectivity index (χ3v) is 3.66. The van der Waals surface area contributed by atoms with Crippen molar-refractivity contribution in [3.8, 4) is 0 Å². The van der Waals surface area contributed by atoms with Crippen LogP contribution in [0.4, 0.5) is 0 Å². The molecule has 1 N–H and O–H groups in total. The van der Waals surface area contributed by atoms with E-state index in [1.807, 2.05) is 7.11 Å². The van der Waals surface area contributed by atoms with Crippen molar-refractivity contribution >= 4 is 0 Å². The van der Waals surface area contributed by atoms with E-state index in [9.17, 15) is 0 Å². The summed E-state index contributed by atoms with van der Waals surface area (Å²) in [7, 11) is 1.86. The second kappa shape index (κ2) is 4.43. The van der Waals surface area contributed by atoms with Crippen LogP contribution >= 0.6 is 0 Å². The maximum absolute atomic E-state index is 5.55. The third-order valence-electron chi connectivity index (χ3n) is 3.66. The van der Waals surface area contributed by atoms with Crippen LogP contribution in [-0.2, 0) is 4.74 Å². The molecule has 0 bridgehead atoms. The Labute approximate surface area is 81.0 Å². The van der Waals surface area contributed by atoms with Crippen LogP contribution < -0.4 is 5.32 Å². The Morgan fingerprint density at radius 3 is 2.54 bits per heavy atom. The fourth-order valence-corrected chi connectivity index (χ4v) is 2.93. The van der Waals surface area contributed by atoms with Crippen LogP contribution in [0.15, 0.2) is 0 Å². The van der Waals surface area contributed by atoms with E-state index in [2.05, 4.69) is 5.32 Å². The highest BCUT2D eigenvalue weighted by Crippen LogP contribution is 2.31. The molecule has 0 aromatic rings. The molecule has 76 valence electrons. The molecule has 1 saturated heterocycles. The number of hydrogen-bond acceptors (Lipinski definition) is 2. The molecule has 1 saturated carbocycles. The summed E-state index contributed by atoms with van der Waals surface area (Å²) in [6.07, 6.45) is 8.71. The summed E-state index contributed by atoms with van der Waals surface area (Å²) in [5.74, 6) is 0.894. The number of piperidine rings is 1. The summed E-state index contributed by atoms with van der Waals surface area (Å²) in [4.78, 5) is 0. The van der Waals surface area contributed by atoms with Crippen molar-refractivity contribution in [2.45, 2.75) is 50.7 Å². The lowest BCUT2D eigenvalue weighted by Gasteiger charge is -2.35. The van der Waals surface area contributed by atoms with Gasteiger partial charge >= 0.3 is 0 Å². The second-order valence-corrected chi connectivity index (χ2v) is 4.44. The molecule has 0 amide bonds. The molecule has 1 heterocycles. The van der Waals surface area contributed by atoms with Crippen molar-refractivity contribution in [2.24, 2.45) is 5.92 Å². The quantitative estimate of drug-likeness (QED) is 0.706. The van der Waals surface area contributed by atoms with Crippen LogP contribution in [0, 0.1) is 5.92 Å². The first kappa shape index (κ1) is 9.47. The minimum absolute atomic E-state index is 0.483. The Morgan fingerprint density at radius 2 is 1.85 bits per heavy atom. The average Bonchev–Trinajstić information content (AvgIpc) is 2.70. The van der Waals surface area contributed by atoms with Crippen LogP contribution in [0.1, 0.15) is 38.5 Å². The molecule has 1 aliphatic heterocycles. The van der Waals surface area contributed by atoms with E-state index < -0.39 is 0 Å². The number of rotatable bonds is 2. The van der Waals surface area contributed by atoms with E-state index in [0.29, 0.717) is 12.1 Å². The van der Waals surface area contributed by atoms with Gasteiger partial charge in [0.15, 0.2) is 0 Å². The smallest absolute Gasteiger partial charge is 0.0727 e. The Bertz CT molecular complexity index is 152. The minimum Gasteiger partial charge on any atom is -0.380 e. The minimum atomic E-state index is 0.483. The van der Waals surface area contributed by atoms with Crippen molar-refractivity contribution in [1.82, 2.24) is 5.32 Å². The molecule has 2 aliphatic rings. The summed E-state index contributed by atoms with van der Waals surface area (Å²) in [5, 5.41) is 3.64. The zero-order chi connectivity index (χ0) is 9.10. The highest BCUT2D eigenvalue weighted by Gasteiger charge is 2.32. The molecule has 2 nitrogen and oxygen atoms in total. The van der Waals surface area contributed by atoms with Crippen molar-refractivity contribution in [3.05, 3.63) is 0 Å². The summed E-state index contributed by atoms with van der Waals surface area (Å²) >= 11 is 0. The van der Waals surface area contributed by atoms with E-state index >= 15 is 0 Å². The Hall–Kier alpha value is -0.0800. The van der Waals surface area contributed by atoms with Gasteiger partial charge in [-0.25, -0.2) is 0 Å². The van der Waals surface area contributed by atoms with Gasteiger partial charge in [-0.2, -0.15) is 0 Å². The van der Waals surface area contributed by atoms with Crippen molar-refractivity contribution in [1.29, 1.82) is 0 Å². The summed E-state index contributed by atoms with van der Waals surface area (Å²) < 4.78 is 5.55. The fourth-order valence-electron chi connectivity index (χ4n) is 2.93. The molecule has 2 unspecified atom stereocenters. The average molecular weight is 183 g/mol. The molecule has 13 heavy (non-hydrogen) atoms. The maximum Gasteiger partial charge on any atom is 0.0727 e. The molecule has 2 fully saturated rings. The standard InChI is InChI=1S/C11H21NO/c1-13-10-7-4-8-12-11(10)9-5-2-3-6-9/h9-12H,2-8H2,1H3. The topological polar surface area (TPSA) is 21.3 Å². The van der Waals surface area contributed by atoms with Crippen LogP contribution in [0.5, 0.6) is 0 Å². The van der Waals surface area contributed by atoms with E-state index in [1.165, 1.54) is 45.1 Å². The van der Waals surface area contributed by atoms with Gasteiger partial charge in [0.25, 0.3) is 0 Å². The van der Waals surface area contributed by atoms with Crippen LogP contribution in [0.2, 0.25) is 0 Å². The van der Waals surface area contributed by atoms with Gasteiger partial charge in [-0.15, -0.1) is 0 Å². The fraction of sp³-hybridized carbons (Fsp3) is 1.00. The lowest BCUT2D eigenvalue weighted by atomic mass is 9.88. The largest absolute Gasteiger partial charge is 0.380 e. The molecule has 0 spiro atoms. The maximum atomic E-state index is 5.55. The van der Waals surface area contributed by atoms with Gasteiger partial charge in [0.1, 0.15) is 0 Å². The lowest BCUT2D eigenvalue weighted by molar-refractivity contribution is 0.0258. The second-order valence-electron chi connectivity index (χ2n) is 4.44. The monoisotopic (exact) mass is 183 g/mol. The predicted molar refractivity (Wildman–Crippen MR) is 53.8 cm³/mol. The van der Waals surface area contributed by atoms with Crippen LogP contribution in [0.3, 0.4) is 0 Å². The van der Waals surface area contributed by atoms with Gasteiger partial charge < -0.3 is 10.1 Å². The van der Waals surface area contributed by atoms with Gasteiger partial charge in [-0.05, 0) is 38.1 Å². The third kappa shape index (κ3) is 2.05. The number of ether oxygens (including phenoxy) is 1. The van der Waals surface area contributed by atoms with Crippen molar-refractivity contribution in [2.75, 3.05) is 13.7 Å². The first-order valence-corrected chi connectivity index (χ1v) is 5.68. The first-order chi connectivity index (χ1) is 6.42. The van der Waals surface area contributed by atoms with Gasteiger partial charge in [-0.1, -0.05) is 12.8 Å². The van der Waals surface area contributed by atoms with Crippen molar-refractivity contribution < 1.29 is 4.74 Å². The highest BCUT2D eigenvalue weighted by atomic mass is 16.5. The van der Waals surface area contributed by atoms with E-state index in [0.717, 1.165) is 5.92 Å². The summed E-state index contributed by atoms with van der Waals surface area (Å²) in [6, 6.07) is 0.654. The SMILES string of the molecule is COC1CCCNC1C1CCCC1. The number of nitrogens with one attached hydrogen (secondary N) is 1. The zero-order valence-corrected chi connectivity index (χ0v) is 8.59. The number of methoxy groups -OCH3 is 1. The molecule has 1 aliphatic carbocycles. The molecular weight excluding hydrogens is 162 g/mol. The molecule has 2 atom stereocenters. The molecule has 0 aromatic carbocycles.